The summed E-state index contributed by atoms with van der Waals surface area (Å²) in [7, 11) is 0. The molecule has 2 aromatic carbocycles. The number of hydrogen-bond donors (Lipinski definition) is 0. The summed E-state index contributed by atoms with van der Waals surface area (Å²) in [5.74, 6) is 0. The molecule has 0 amide bonds. The molecule has 2 nitrogen and oxygen atoms in total. The van der Waals surface area contributed by atoms with Crippen molar-refractivity contribution in [1.29, 1.82) is 0 Å². The third kappa shape index (κ3) is 4.95. The Hall–Kier alpha value is -1.12. The molecule has 2 atom stereocenters. The fourth-order valence-electron chi connectivity index (χ4n) is 2.97. The zero-order valence-electron chi connectivity index (χ0n) is 13.4. The van der Waals surface area contributed by atoms with Crippen molar-refractivity contribution in [3.8, 4) is 0 Å². The third-order valence-electron chi connectivity index (χ3n) is 4.08. The second-order valence-corrected chi connectivity index (χ2v) is 7.20. The van der Waals surface area contributed by atoms with E-state index in [1.807, 2.05) is 42.5 Å². The van der Waals surface area contributed by atoms with E-state index in [0.717, 1.165) is 29.2 Å². The molecule has 1 saturated heterocycles. The largest absolute Gasteiger partial charge is 0.410 e. The smallest absolute Gasteiger partial charge is 0.353 e. The van der Waals surface area contributed by atoms with E-state index >= 15 is 0 Å². The Kier molecular flexibility index (Phi) is 6.01. The van der Waals surface area contributed by atoms with Crippen molar-refractivity contribution >= 4 is 33.4 Å². The summed E-state index contributed by atoms with van der Waals surface area (Å²) in [4.78, 5) is 0. The summed E-state index contributed by atoms with van der Waals surface area (Å²) in [6.45, 7) is 0.576. The van der Waals surface area contributed by atoms with Crippen LogP contribution in [-0.4, -0.2) is 19.1 Å². The maximum Gasteiger partial charge on any atom is 0.410 e. The molecule has 2 aromatic rings. The molecule has 1 aliphatic rings. The molecule has 0 aromatic heterocycles. The van der Waals surface area contributed by atoms with Gasteiger partial charge in [-0.3, -0.25) is 0 Å². The van der Waals surface area contributed by atoms with Crippen LogP contribution in [0.4, 0.5) is 13.2 Å². The molecule has 0 radical (unpaired) electrons. The van der Waals surface area contributed by atoms with Gasteiger partial charge in [-0.1, -0.05) is 42.5 Å². The van der Waals surface area contributed by atoms with Gasteiger partial charge in [-0.2, -0.15) is 13.2 Å². The highest BCUT2D eigenvalue weighted by atomic mass is 127. The van der Waals surface area contributed by atoms with E-state index in [1.165, 1.54) is 0 Å². The van der Waals surface area contributed by atoms with Crippen LogP contribution in [0.5, 0.6) is 0 Å². The molecule has 0 bridgehead atoms. The summed E-state index contributed by atoms with van der Waals surface area (Å²) in [6.07, 6.45) is -2.78. The van der Waals surface area contributed by atoms with Gasteiger partial charge < -0.3 is 9.47 Å². The van der Waals surface area contributed by atoms with E-state index in [1.54, 1.807) is 22.6 Å². The lowest BCUT2D eigenvalue weighted by atomic mass is 10.00. The number of rotatable bonds is 4. The standard InChI is InChI=1S/C19H18F3IO2/c20-19(21,22)12-16(23)18(25-17-10-3-4-11-24-17)15-9-5-7-13-6-1-2-8-14(13)15/h1-2,5-9,12,17-18H,3-4,10-11H2/b16-12-. The number of halogens is 4. The van der Waals surface area contributed by atoms with Crippen molar-refractivity contribution < 1.29 is 22.6 Å². The lowest BCUT2D eigenvalue weighted by molar-refractivity contribution is -0.180. The zero-order chi connectivity index (χ0) is 17.9. The summed E-state index contributed by atoms with van der Waals surface area (Å²) < 4.78 is 50.4. The quantitative estimate of drug-likeness (QED) is 0.497. The minimum absolute atomic E-state index is 0.0932. The number of alkyl halides is 3. The van der Waals surface area contributed by atoms with Gasteiger partial charge in [-0.25, -0.2) is 0 Å². The molecule has 0 spiro atoms. The van der Waals surface area contributed by atoms with Crippen LogP contribution in [0.25, 0.3) is 10.8 Å². The highest BCUT2D eigenvalue weighted by Gasteiger charge is 2.30. The van der Waals surface area contributed by atoms with Crippen LogP contribution in [0.15, 0.2) is 52.1 Å². The highest BCUT2D eigenvalue weighted by Crippen LogP contribution is 2.39. The number of benzene rings is 2. The molecular weight excluding hydrogens is 444 g/mol. The fraction of sp³-hybridized carbons (Fsp3) is 0.368. The fourth-order valence-corrected chi connectivity index (χ4v) is 3.80. The maximum absolute atomic E-state index is 12.9. The molecule has 25 heavy (non-hydrogen) atoms. The zero-order valence-corrected chi connectivity index (χ0v) is 15.6. The van der Waals surface area contributed by atoms with Gasteiger partial charge in [-0.15, -0.1) is 0 Å². The molecule has 0 N–H and O–H groups in total. The Morgan fingerprint density at radius 2 is 1.92 bits per heavy atom. The SMILES string of the molecule is FC(F)(F)/C=C(\I)C(OC1CCCCO1)c1cccc2ccccc12. The second kappa shape index (κ2) is 8.05. The molecule has 1 aliphatic heterocycles. The Labute approximate surface area is 158 Å². The maximum atomic E-state index is 12.9. The van der Waals surface area contributed by atoms with E-state index in [4.69, 9.17) is 9.47 Å². The molecule has 0 aliphatic carbocycles. The van der Waals surface area contributed by atoms with Gasteiger partial charge >= 0.3 is 6.18 Å². The minimum atomic E-state index is -4.39. The molecule has 3 rings (SSSR count). The monoisotopic (exact) mass is 462 g/mol. The molecule has 6 heteroatoms. The molecular formula is C19H18F3IO2. The van der Waals surface area contributed by atoms with E-state index in [9.17, 15) is 13.2 Å². The van der Waals surface area contributed by atoms with Gasteiger partial charge in [0.2, 0.25) is 0 Å². The Morgan fingerprint density at radius 1 is 1.16 bits per heavy atom. The van der Waals surface area contributed by atoms with Crippen molar-refractivity contribution in [1.82, 2.24) is 0 Å². The van der Waals surface area contributed by atoms with Crippen molar-refractivity contribution in [2.75, 3.05) is 6.61 Å². The van der Waals surface area contributed by atoms with Crippen LogP contribution in [0.2, 0.25) is 0 Å². The molecule has 0 saturated carbocycles. The van der Waals surface area contributed by atoms with Crippen molar-refractivity contribution in [2.45, 2.75) is 37.8 Å². The lowest BCUT2D eigenvalue weighted by Crippen LogP contribution is -2.25. The molecule has 1 fully saturated rings. The van der Waals surface area contributed by atoms with Crippen molar-refractivity contribution in [2.24, 2.45) is 0 Å². The van der Waals surface area contributed by atoms with Crippen LogP contribution in [0, 0.1) is 0 Å². The lowest BCUT2D eigenvalue weighted by Gasteiger charge is -2.29. The first-order valence-corrected chi connectivity index (χ1v) is 9.21. The van der Waals surface area contributed by atoms with Crippen LogP contribution < -0.4 is 0 Å². The van der Waals surface area contributed by atoms with E-state index in [2.05, 4.69) is 0 Å². The number of allylic oxidation sites excluding steroid dienone is 1. The van der Waals surface area contributed by atoms with Crippen LogP contribution in [-0.2, 0) is 9.47 Å². The number of hydrogen-bond acceptors (Lipinski definition) is 2. The summed E-state index contributed by atoms with van der Waals surface area (Å²) >= 11 is 1.72. The predicted molar refractivity (Wildman–Crippen MR) is 99.5 cm³/mol. The topological polar surface area (TPSA) is 18.5 Å². The first-order chi connectivity index (χ1) is 11.9. The van der Waals surface area contributed by atoms with E-state index < -0.39 is 18.6 Å². The van der Waals surface area contributed by atoms with Gasteiger partial charge in [0.1, 0.15) is 6.10 Å². The normalized spacial score (nSPS) is 20.6. The van der Waals surface area contributed by atoms with E-state index in [0.29, 0.717) is 19.1 Å². The van der Waals surface area contributed by atoms with Crippen LogP contribution in [0.1, 0.15) is 30.9 Å². The number of ether oxygens (including phenoxy) is 2. The van der Waals surface area contributed by atoms with Crippen molar-refractivity contribution in [3.63, 3.8) is 0 Å². The Morgan fingerprint density at radius 3 is 2.64 bits per heavy atom. The average Bonchev–Trinajstić information content (AvgIpc) is 2.59. The average molecular weight is 462 g/mol. The summed E-state index contributed by atoms with van der Waals surface area (Å²) in [6, 6.07) is 13.2. The van der Waals surface area contributed by atoms with Gasteiger partial charge in [0, 0.05) is 16.3 Å². The van der Waals surface area contributed by atoms with Gasteiger partial charge in [-0.05, 0) is 58.2 Å². The predicted octanol–water partition coefficient (Wildman–Crippen LogP) is 6.31. The van der Waals surface area contributed by atoms with Gasteiger partial charge in [0.15, 0.2) is 6.29 Å². The van der Waals surface area contributed by atoms with Crippen LogP contribution in [0.3, 0.4) is 0 Å². The number of fused-ring (bicyclic) bond motifs is 1. The Bertz CT molecular complexity index is 746. The van der Waals surface area contributed by atoms with Crippen LogP contribution >= 0.6 is 22.6 Å². The first kappa shape index (κ1) is 18.7. The minimum Gasteiger partial charge on any atom is -0.353 e. The molecule has 2 unspecified atom stereocenters. The highest BCUT2D eigenvalue weighted by molar-refractivity contribution is 14.1. The van der Waals surface area contributed by atoms with Gasteiger partial charge in [0.05, 0.1) is 0 Å². The summed E-state index contributed by atoms with van der Waals surface area (Å²) in [5.41, 5.74) is 0.720. The first-order valence-electron chi connectivity index (χ1n) is 8.14. The second-order valence-electron chi connectivity index (χ2n) is 5.95. The Balaban J connectivity index is 2.01. The van der Waals surface area contributed by atoms with Crippen molar-refractivity contribution in [3.05, 3.63) is 57.7 Å². The van der Waals surface area contributed by atoms with E-state index in [-0.39, 0.29) is 3.58 Å². The molecule has 1 heterocycles. The van der Waals surface area contributed by atoms with Gasteiger partial charge in [0.25, 0.3) is 0 Å². The third-order valence-corrected chi connectivity index (χ3v) is 4.96. The summed E-state index contributed by atoms with van der Waals surface area (Å²) in [5, 5.41) is 1.85. The molecule has 134 valence electrons.